The van der Waals surface area contributed by atoms with E-state index in [1.54, 1.807) is 7.11 Å². The molecule has 2 aromatic rings. The topological polar surface area (TPSA) is 81.9 Å². The minimum absolute atomic E-state index is 0.233. The second-order valence-corrected chi connectivity index (χ2v) is 8.02. The predicted molar refractivity (Wildman–Crippen MR) is 115 cm³/mol. The van der Waals surface area contributed by atoms with E-state index in [1.165, 1.54) is 11.3 Å². The second-order valence-electron chi connectivity index (χ2n) is 7.17. The number of methoxy groups -OCH3 is 1. The van der Waals surface area contributed by atoms with Gasteiger partial charge in [0, 0.05) is 37.1 Å². The molecule has 3 heterocycles. The number of hydrogen-bond acceptors (Lipinski definition) is 7. The summed E-state index contributed by atoms with van der Waals surface area (Å²) in [6.45, 7) is 5.66. The van der Waals surface area contributed by atoms with Gasteiger partial charge in [-0.1, -0.05) is 0 Å². The predicted octanol–water partition coefficient (Wildman–Crippen LogP) is 3.10. The third-order valence-corrected chi connectivity index (χ3v) is 6.15. The summed E-state index contributed by atoms with van der Waals surface area (Å²) in [5.41, 5.74) is 2.38. The number of thiazole rings is 1. The van der Waals surface area contributed by atoms with Crippen LogP contribution in [0.3, 0.4) is 0 Å². The van der Waals surface area contributed by atoms with Crippen LogP contribution in [-0.2, 0) is 4.74 Å². The fraction of sp³-hybridized carbons (Fsp3) is 0.429. The van der Waals surface area contributed by atoms with Gasteiger partial charge in [0.1, 0.15) is 22.4 Å². The van der Waals surface area contributed by atoms with Gasteiger partial charge < -0.3 is 19.5 Å². The highest BCUT2D eigenvalue weighted by molar-refractivity contribution is 7.11. The van der Waals surface area contributed by atoms with Crippen molar-refractivity contribution in [1.82, 2.24) is 14.8 Å². The molecule has 0 saturated carbocycles. The molecule has 0 unspecified atom stereocenters. The fourth-order valence-electron chi connectivity index (χ4n) is 3.64. The van der Waals surface area contributed by atoms with Gasteiger partial charge in [-0.25, -0.2) is 4.98 Å². The number of nitrogens with zero attached hydrogens (tertiary/aromatic N) is 3. The molecule has 2 N–H and O–H groups in total. The van der Waals surface area contributed by atoms with Gasteiger partial charge in [0.25, 0.3) is 0 Å². The summed E-state index contributed by atoms with van der Waals surface area (Å²) < 4.78 is 10.6. The van der Waals surface area contributed by atoms with E-state index in [9.17, 15) is 5.11 Å². The maximum absolute atomic E-state index is 10.5. The Kier molecular flexibility index (Phi) is 6.13. The fourth-order valence-corrected chi connectivity index (χ4v) is 4.54. The average Bonchev–Trinajstić information content (AvgIpc) is 3.33. The zero-order valence-electron chi connectivity index (χ0n) is 16.6. The summed E-state index contributed by atoms with van der Waals surface area (Å²) in [5.74, 6) is 1.40. The molecule has 1 aromatic heterocycles. The van der Waals surface area contributed by atoms with E-state index in [4.69, 9.17) is 14.9 Å². The lowest BCUT2D eigenvalue weighted by atomic mass is 10.1. The van der Waals surface area contributed by atoms with Crippen molar-refractivity contribution in [2.45, 2.75) is 6.42 Å². The first-order valence-electron chi connectivity index (χ1n) is 9.82. The van der Waals surface area contributed by atoms with Crippen LogP contribution < -0.4 is 4.74 Å². The molecule has 0 radical (unpaired) electrons. The monoisotopic (exact) mass is 414 g/mol. The molecule has 1 fully saturated rings. The third-order valence-electron chi connectivity index (χ3n) is 5.29. The van der Waals surface area contributed by atoms with Crippen LogP contribution in [0.15, 0.2) is 35.4 Å². The number of rotatable bonds is 7. The first-order chi connectivity index (χ1) is 14.2. The number of benzene rings is 1. The van der Waals surface area contributed by atoms with Gasteiger partial charge in [-0.3, -0.25) is 10.3 Å². The lowest BCUT2D eigenvalue weighted by Crippen LogP contribution is -2.38. The van der Waals surface area contributed by atoms with Crippen molar-refractivity contribution >= 4 is 22.7 Å². The van der Waals surface area contributed by atoms with Crippen molar-refractivity contribution in [1.29, 1.82) is 5.41 Å². The first-order valence-corrected chi connectivity index (χ1v) is 10.7. The van der Waals surface area contributed by atoms with E-state index in [0.717, 1.165) is 62.8 Å². The highest BCUT2D eigenvalue weighted by Crippen LogP contribution is 2.32. The molecule has 4 rings (SSSR count). The standard InChI is InChI=1S/C21H26N4O3S/c1-27-16-5-3-15(4-6-16)17-14-29-21(23-17)19-18(26)13-25(20(19)22)8-2-7-24-9-11-28-12-10-24/h3-6,14,22,26H,2,7-13H2,1H3. The molecular weight excluding hydrogens is 388 g/mol. The van der Waals surface area contributed by atoms with Crippen molar-refractivity contribution in [3.05, 3.63) is 40.4 Å². The van der Waals surface area contributed by atoms with Gasteiger partial charge in [-0.2, -0.15) is 0 Å². The van der Waals surface area contributed by atoms with Crippen molar-refractivity contribution in [3.8, 4) is 17.0 Å². The molecule has 29 heavy (non-hydrogen) atoms. The summed E-state index contributed by atoms with van der Waals surface area (Å²) in [6.07, 6.45) is 0.956. The largest absolute Gasteiger partial charge is 0.510 e. The molecule has 0 spiro atoms. The van der Waals surface area contributed by atoms with Gasteiger partial charge >= 0.3 is 0 Å². The Morgan fingerprint density at radius 3 is 2.69 bits per heavy atom. The Bertz CT molecular complexity index is 888. The highest BCUT2D eigenvalue weighted by Gasteiger charge is 2.30. The first kappa shape index (κ1) is 19.9. The molecule has 0 aliphatic carbocycles. The van der Waals surface area contributed by atoms with E-state index in [1.807, 2.05) is 34.5 Å². The molecule has 0 atom stereocenters. The summed E-state index contributed by atoms with van der Waals surface area (Å²) in [6, 6.07) is 7.73. The SMILES string of the molecule is COc1ccc(-c2csc(C3=C(O)CN(CCCN4CCOCC4)C3=N)n2)cc1. The Morgan fingerprint density at radius 2 is 1.97 bits per heavy atom. The molecule has 154 valence electrons. The van der Waals surface area contributed by atoms with Gasteiger partial charge in [0.15, 0.2) is 0 Å². The maximum atomic E-state index is 10.5. The normalized spacial score (nSPS) is 18.0. The Labute approximate surface area is 174 Å². The number of aliphatic hydroxyl groups is 1. The number of amidine groups is 1. The van der Waals surface area contributed by atoms with E-state index >= 15 is 0 Å². The zero-order valence-corrected chi connectivity index (χ0v) is 17.4. The Morgan fingerprint density at radius 1 is 1.21 bits per heavy atom. The van der Waals surface area contributed by atoms with Crippen LogP contribution in [0.2, 0.25) is 0 Å². The van der Waals surface area contributed by atoms with E-state index in [-0.39, 0.29) is 5.76 Å². The van der Waals surface area contributed by atoms with E-state index in [2.05, 4.69) is 9.88 Å². The molecule has 2 aliphatic rings. The minimum Gasteiger partial charge on any atom is -0.510 e. The zero-order chi connectivity index (χ0) is 20.2. The molecule has 0 bridgehead atoms. The molecule has 0 amide bonds. The smallest absolute Gasteiger partial charge is 0.135 e. The van der Waals surface area contributed by atoms with E-state index in [0.29, 0.717) is 23.0 Å². The molecular formula is C21H26N4O3S. The van der Waals surface area contributed by atoms with Crippen LogP contribution in [0, 0.1) is 5.41 Å². The number of aromatic nitrogens is 1. The molecule has 7 nitrogen and oxygen atoms in total. The lowest BCUT2D eigenvalue weighted by molar-refractivity contribution is 0.0368. The van der Waals surface area contributed by atoms with Crippen LogP contribution in [0.4, 0.5) is 0 Å². The van der Waals surface area contributed by atoms with Gasteiger partial charge in [0.05, 0.1) is 38.1 Å². The second kappa shape index (κ2) is 8.94. The summed E-state index contributed by atoms with van der Waals surface area (Å²) >= 11 is 1.46. The number of aliphatic hydroxyl groups excluding tert-OH is 1. The molecule has 2 aliphatic heterocycles. The van der Waals surface area contributed by atoms with Crippen molar-refractivity contribution in [2.75, 3.05) is 53.0 Å². The number of hydrogen-bond donors (Lipinski definition) is 2. The van der Waals surface area contributed by atoms with Crippen molar-refractivity contribution < 1.29 is 14.6 Å². The maximum Gasteiger partial charge on any atom is 0.135 e. The third kappa shape index (κ3) is 4.44. The van der Waals surface area contributed by atoms with Crippen LogP contribution in [0.25, 0.3) is 16.8 Å². The quantitative estimate of drug-likeness (QED) is 0.725. The highest BCUT2D eigenvalue weighted by atomic mass is 32.1. The molecule has 1 aromatic carbocycles. The number of morpholine rings is 1. The van der Waals surface area contributed by atoms with Gasteiger partial charge in [-0.15, -0.1) is 11.3 Å². The van der Waals surface area contributed by atoms with Gasteiger partial charge in [-0.05, 0) is 30.7 Å². The van der Waals surface area contributed by atoms with Crippen molar-refractivity contribution in [3.63, 3.8) is 0 Å². The summed E-state index contributed by atoms with van der Waals surface area (Å²) in [7, 11) is 1.64. The van der Waals surface area contributed by atoms with Crippen LogP contribution in [-0.4, -0.2) is 78.8 Å². The van der Waals surface area contributed by atoms with Crippen LogP contribution in [0.5, 0.6) is 5.75 Å². The van der Waals surface area contributed by atoms with Crippen LogP contribution in [0.1, 0.15) is 11.4 Å². The molecule has 8 heteroatoms. The van der Waals surface area contributed by atoms with Crippen molar-refractivity contribution in [2.24, 2.45) is 0 Å². The van der Waals surface area contributed by atoms with Crippen LogP contribution >= 0.6 is 11.3 Å². The summed E-state index contributed by atoms with van der Waals surface area (Å²) in [4.78, 5) is 9.00. The number of nitrogens with one attached hydrogen (secondary N) is 1. The minimum atomic E-state index is 0.233. The Hall–Kier alpha value is -2.42. The molecule has 1 saturated heterocycles. The number of ether oxygens (including phenoxy) is 2. The van der Waals surface area contributed by atoms with Gasteiger partial charge in [0.2, 0.25) is 0 Å². The Balaban J connectivity index is 1.38. The average molecular weight is 415 g/mol. The lowest BCUT2D eigenvalue weighted by Gasteiger charge is -2.27. The van der Waals surface area contributed by atoms with E-state index < -0.39 is 0 Å². The summed E-state index contributed by atoms with van der Waals surface area (Å²) in [5, 5.41) is 21.7.